The Morgan fingerprint density at radius 3 is 2.85 bits per heavy atom. The summed E-state index contributed by atoms with van der Waals surface area (Å²) in [5.74, 6) is -0.0830. The van der Waals surface area contributed by atoms with Crippen molar-refractivity contribution in [3.63, 3.8) is 0 Å². The van der Waals surface area contributed by atoms with Crippen molar-refractivity contribution in [3.05, 3.63) is 53.8 Å². The number of nitrogens with zero attached hydrogens (tertiary/aromatic N) is 1. The molecule has 6 heteroatoms. The molecule has 0 saturated carbocycles. The van der Waals surface area contributed by atoms with Gasteiger partial charge in [0.2, 0.25) is 0 Å². The van der Waals surface area contributed by atoms with Crippen molar-refractivity contribution in [2.24, 2.45) is 0 Å². The van der Waals surface area contributed by atoms with E-state index in [9.17, 15) is 8.60 Å². The van der Waals surface area contributed by atoms with E-state index in [4.69, 9.17) is 5.73 Å². The number of halogens is 1. The molecule has 1 unspecified atom stereocenters. The average Bonchev–Trinajstić information content (AvgIpc) is 2.84. The lowest BCUT2D eigenvalue weighted by Gasteiger charge is -2.03. The Labute approximate surface area is 117 Å². The summed E-state index contributed by atoms with van der Waals surface area (Å²) >= 11 is 0. The molecule has 1 aromatic heterocycles. The third-order valence-electron chi connectivity index (χ3n) is 2.98. The number of nitrogens with one attached hydrogen (secondary N) is 1. The first-order valence-corrected chi connectivity index (χ1v) is 7.32. The number of nitrogen functional groups attached to an aromatic ring is 1. The maximum atomic E-state index is 13.1. The summed E-state index contributed by atoms with van der Waals surface area (Å²) in [6.07, 6.45) is 0. The summed E-state index contributed by atoms with van der Waals surface area (Å²) in [5.41, 5.74) is 8.36. The zero-order valence-corrected chi connectivity index (χ0v) is 11.3. The number of imidazole rings is 1. The molecular formula is C14H12FN3OS. The third-order valence-corrected chi connectivity index (χ3v) is 4.18. The highest BCUT2D eigenvalue weighted by Crippen LogP contribution is 2.19. The topological polar surface area (TPSA) is 71.8 Å². The van der Waals surface area contributed by atoms with Crippen molar-refractivity contribution in [2.75, 3.05) is 5.73 Å². The third kappa shape index (κ3) is 2.42. The van der Waals surface area contributed by atoms with Gasteiger partial charge in [-0.3, -0.25) is 4.21 Å². The largest absolute Gasteiger partial charge is 0.398 e. The number of hydrogen-bond acceptors (Lipinski definition) is 3. The molecule has 0 amide bonds. The number of nitrogens with two attached hydrogens (primary N) is 1. The lowest BCUT2D eigenvalue weighted by Crippen LogP contribution is -2.01. The Morgan fingerprint density at radius 2 is 2.05 bits per heavy atom. The van der Waals surface area contributed by atoms with E-state index >= 15 is 0 Å². The van der Waals surface area contributed by atoms with E-state index in [-0.39, 0.29) is 11.6 Å². The van der Waals surface area contributed by atoms with Crippen LogP contribution in [-0.2, 0) is 16.6 Å². The predicted molar refractivity (Wildman–Crippen MR) is 77.0 cm³/mol. The number of para-hydroxylation sites is 1. The molecule has 2 aromatic carbocycles. The van der Waals surface area contributed by atoms with Crippen LogP contribution in [0, 0.1) is 5.82 Å². The van der Waals surface area contributed by atoms with Gasteiger partial charge in [-0.1, -0.05) is 18.2 Å². The first-order chi connectivity index (χ1) is 9.63. The molecule has 3 rings (SSSR count). The summed E-state index contributed by atoms with van der Waals surface area (Å²) in [6, 6.07) is 11.5. The van der Waals surface area contributed by atoms with E-state index < -0.39 is 10.8 Å². The Morgan fingerprint density at radius 1 is 1.25 bits per heavy atom. The van der Waals surface area contributed by atoms with Gasteiger partial charge in [0.1, 0.15) is 5.82 Å². The number of anilines is 1. The summed E-state index contributed by atoms with van der Waals surface area (Å²) in [7, 11) is -1.35. The minimum atomic E-state index is -1.35. The second-order valence-electron chi connectivity index (χ2n) is 4.39. The minimum Gasteiger partial charge on any atom is -0.398 e. The van der Waals surface area contributed by atoms with Crippen molar-refractivity contribution in [3.8, 4) is 0 Å². The van der Waals surface area contributed by atoms with Crippen molar-refractivity contribution in [1.82, 2.24) is 9.97 Å². The van der Waals surface area contributed by atoms with Gasteiger partial charge >= 0.3 is 0 Å². The molecule has 0 aliphatic heterocycles. The summed E-state index contributed by atoms with van der Waals surface area (Å²) in [5, 5.41) is 0.328. The second kappa shape index (κ2) is 5.05. The van der Waals surface area contributed by atoms with Gasteiger partial charge in [0, 0.05) is 5.69 Å². The molecule has 102 valence electrons. The van der Waals surface area contributed by atoms with Gasteiger partial charge in [-0.25, -0.2) is 9.37 Å². The Kier molecular flexibility index (Phi) is 3.23. The standard InChI is InChI=1S/C14H12FN3OS/c15-10-5-6-12-13(7-10)18-14(17-12)20(19)8-9-3-1-2-4-11(9)16/h1-7H,8,16H2,(H,17,18). The fourth-order valence-corrected chi connectivity index (χ4v) is 3.05. The number of hydrogen-bond donors (Lipinski definition) is 2. The highest BCUT2D eigenvalue weighted by Gasteiger charge is 2.12. The number of H-pyrrole nitrogens is 1. The quantitative estimate of drug-likeness (QED) is 0.728. The molecule has 0 saturated heterocycles. The molecule has 0 spiro atoms. The molecule has 0 radical (unpaired) electrons. The van der Waals surface area contributed by atoms with Gasteiger partial charge in [0.15, 0.2) is 5.16 Å². The van der Waals surface area contributed by atoms with E-state index in [2.05, 4.69) is 9.97 Å². The molecule has 4 nitrogen and oxygen atoms in total. The summed E-state index contributed by atoms with van der Waals surface area (Å²) < 4.78 is 25.4. The van der Waals surface area contributed by atoms with Crippen LogP contribution in [0.3, 0.4) is 0 Å². The van der Waals surface area contributed by atoms with Crippen LogP contribution in [0.5, 0.6) is 0 Å². The Hall–Kier alpha value is -2.21. The van der Waals surface area contributed by atoms with Crippen molar-refractivity contribution in [2.45, 2.75) is 10.9 Å². The van der Waals surface area contributed by atoms with Gasteiger partial charge in [-0.15, -0.1) is 0 Å². The van der Waals surface area contributed by atoms with Gasteiger partial charge < -0.3 is 10.7 Å². The summed E-state index contributed by atoms with van der Waals surface area (Å²) in [4.78, 5) is 7.10. The van der Waals surface area contributed by atoms with E-state index in [0.29, 0.717) is 21.9 Å². The summed E-state index contributed by atoms with van der Waals surface area (Å²) in [6.45, 7) is 0. The van der Waals surface area contributed by atoms with E-state index in [0.717, 1.165) is 5.56 Å². The van der Waals surface area contributed by atoms with Crippen LogP contribution in [0.2, 0.25) is 0 Å². The normalized spacial score (nSPS) is 12.7. The molecule has 20 heavy (non-hydrogen) atoms. The fourth-order valence-electron chi connectivity index (χ4n) is 1.94. The zero-order chi connectivity index (χ0) is 14.1. The molecule has 0 aliphatic rings. The second-order valence-corrected chi connectivity index (χ2v) is 5.76. The fraction of sp³-hybridized carbons (Fsp3) is 0.0714. The molecular weight excluding hydrogens is 277 g/mol. The molecule has 3 N–H and O–H groups in total. The SMILES string of the molecule is Nc1ccccc1CS(=O)c1nc2ccc(F)cc2[nH]1. The first kappa shape index (κ1) is 12.8. The van der Waals surface area contributed by atoms with Gasteiger partial charge in [-0.2, -0.15) is 0 Å². The van der Waals surface area contributed by atoms with E-state index in [1.54, 1.807) is 12.1 Å². The Balaban J connectivity index is 1.91. The van der Waals surface area contributed by atoms with Crippen LogP contribution in [0.4, 0.5) is 10.1 Å². The van der Waals surface area contributed by atoms with Gasteiger partial charge in [0.05, 0.1) is 27.6 Å². The monoisotopic (exact) mass is 289 g/mol. The number of aromatic amines is 1. The van der Waals surface area contributed by atoms with E-state index in [1.165, 1.54) is 12.1 Å². The van der Waals surface area contributed by atoms with Crippen molar-refractivity contribution >= 4 is 27.5 Å². The van der Waals surface area contributed by atoms with Gasteiger partial charge in [0.25, 0.3) is 0 Å². The number of aromatic nitrogens is 2. The van der Waals surface area contributed by atoms with Crippen LogP contribution in [0.25, 0.3) is 11.0 Å². The zero-order valence-electron chi connectivity index (χ0n) is 10.5. The Bertz CT molecular complexity index is 800. The number of benzene rings is 2. The van der Waals surface area contributed by atoms with E-state index in [1.807, 2.05) is 18.2 Å². The van der Waals surface area contributed by atoms with Crippen LogP contribution < -0.4 is 5.73 Å². The van der Waals surface area contributed by atoms with Crippen LogP contribution in [0.15, 0.2) is 47.6 Å². The molecule has 0 fully saturated rings. The molecule has 3 aromatic rings. The van der Waals surface area contributed by atoms with Crippen molar-refractivity contribution in [1.29, 1.82) is 0 Å². The van der Waals surface area contributed by atoms with Crippen LogP contribution >= 0.6 is 0 Å². The molecule has 1 atom stereocenters. The highest BCUT2D eigenvalue weighted by molar-refractivity contribution is 7.84. The highest BCUT2D eigenvalue weighted by atomic mass is 32.2. The lowest BCUT2D eigenvalue weighted by atomic mass is 10.2. The minimum absolute atomic E-state index is 0.273. The average molecular weight is 289 g/mol. The van der Waals surface area contributed by atoms with Crippen LogP contribution in [-0.4, -0.2) is 14.2 Å². The van der Waals surface area contributed by atoms with Gasteiger partial charge in [-0.05, 0) is 29.8 Å². The van der Waals surface area contributed by atoms with Crippen molar-refractivity contribution < 1.29 is 8.60 Å². The molecule has 0 bridgehead atoms. The molecule has 0 aliphatic carbocycles. The predicted octanol–water partition coefficient (Wildman–Crippen LogP) is 2.59. The maximum Gasteiger partial charge on any atom is 0.197 e. The first-order valence-electron chi connectivity index (χ1n) is 6.00. The smallest absolute Gasteiger partial charge is 0.197 e. The maximum absolute atomic E-state index is 13.1. The number of fused-ring (bicyclic) bond motifs is 1. The number of rotatable bonds is 3. The lowest BCUT2D eigenvalue weighted by molar-refractivity contribution is 0.629. The van der Waals surface area contributed by atoms with Crippen LogP contribution in [0.1, 0.15) is 5.56 Å². The molecule has 1 heterocycles.